The maximum absolute atomic E-state index is 12.7. The summed E-state index contributed by atoms with van der Waals surface area (Å²) in [6.07, 6.45) is 11.3. The van der Waals surface area contributed by atoms with Gasteiger partial charge in [0.25, 0.3) is 8.32 Å². The minimum atomic E-state index is -2.89. The molecule has 2 aromatic rings. The van der Waals surface area contributed by atoms with Gasteiger partial charge in [-0.25, -0.2) is 0 Å². The highest BCUT2D eigenvalue weighted by molar-refractivity contribution is 6.99. The molecule has 0 saturated heterocycles. The summed E-state index contributed by atoms with van der Waals surface area (Å²) in [4.78, 5) is 24.9. The van der Waals surface area contributed by atoms with E-state index in [2.05, 4.69) is 115 Å². The van der Waals surface area contributed by atoms with Gasteiger partial charge in [-0.3, -0.25) is 9.59 Å². The predicted molar refractivity (Wildman–Crippen MR) is 208 cm³/mol. The molecule has 50 heavy (non-hydrogen) atoms. The van der Waals surface area contributed by atoms with Crippen LogP contribution in [0.4, 0.5) is 0 Å². The van der Waals surface area contributed by atoms with Crippen LogP contribution in [0.25, 0.3) is 0 Å². The third-order valence-corrected chi connectivity index (χ3v) is 16.1. The molecule has 4 rings (SSSR count). The molecule has 0 spiro atoms. The Morgan fingerprint density at radius 3 is 1.98 bits per heavy atom. The zero-order valence-corrected chi connectivity index (χ0v) is 32.8. The van der Waals surface area contributed by atoms with Crippen molar-refractivity contribution in [1.82, 2.24) is 0 Å². The van der Waals surface area contributed by atoms with E-state index < -0.39 is 25.9 Å². The van der Waals surface area contributed by atoms with Gasteiger partial charge < -0.3 is 13.9 Å². The zero-order chi connectivity index (χ0) is 36.7. The van der Waals surface area contributed by atoms with Crippen LogP contribution in [0.1, 0.15) is 100 Å². The van der Waals surface area contributed by atoms with Gasteiger partial charge in [-0.2, -0.15) is 0 Å². The fraction of sp³-hybridized carbons (Fsp3) is 0.500. The Hall–Kier alpha value is -3.48. The molecule has 0 radical (unpaired) electrons. The van der Waals surface area contributed by atoms with Crippen LogP contribution in [0.3, 0.4) is 0 Å². The average molecular weight is 697 g/mol. The summed E-state index contributed by atoms with van der Waals surface area (Å²) in [6, 6.07) is 21.4. The standard InChI is InChI=1S/C44H60O5Si/c1-11-40(49-50(43(6,7)8,37-22-14-12-15-23-37)38-24-16-13-17-25-38)39-28-26-32(3)42(44(39,9)10)41(48-34(5)46)29-27-36(47-33(4)45)30-35-21-19-18-20-31(35)2/h11-17,22-25,27,29,35-36,39-41H,1-2,18-21,26,28,30H2,3-10H3/b29-27-/t35?,36-,39+,40+,41+/m1/s1. The van der Waals surface area contributed by atoms with Gasteiger partial charge >= 0.3 is 11.9 Å². The normalized spacial score (nSPS) is 21.7. The molecule has 2 aromatic carbocycles. The Kier molecular flexibility index (Phi) is 13.1. The first-order valence-corrected chi connectivity index (χ1v) is 20.3. The largest absolute Gasteiger partial charge is 0.458 e. The molecule has 0 heterocycles. The second kappa shape index (κ2) is 16.7. The second-order valence-electron chi connectivity index (χ2n) is 15.9. The van der Waals surface area contributed by atoms with Crippen LogP contribution in [-0.2, 0) is 23.5 Å². The van der Waals surface area contributed by atoms with Gasteiger partial charge in [0, 0.05) is 13.8 Å². The quantitative estimate of drug-likeness (QED) is 0.119. The molecule has 0 bridgehead atoms. The minimum absolute atomic E-state index is 0.0571. The van der Waals surface area contributed by atoms with E-state index in [1.165, 1.54) is 35.4 Å². The summed E-state index contributed by atoms with van der Waals surface area (Å²) in [6.45, 7) is 25.1. The van der Waals surface area contributed by atoms with Crippen LogP contribution in [0.2, 0.25) is 5.04 Å². The number of esters is 2. The molecule has 0 aromatic heterocycles. The van der Waals surface area contributed by atoms with E-state index in [1.807, 2.05) is 18.2 Å². The van der Waals surface area contributed by atoms with Crippen molar-refractivity contribution in [3.05, 3.63) is 109 Å². The van der Waals surface area contributed by atoms with Crippen molar-refractivity contribution < 1.29 is 23.5 Å². The van der Waals surface area contributed by atoms with Crippen molar-refractivity contribution in [2.45, 2.75) is 124 Å². The molecule has 6 heteroatoms. The summed E-state index contributed by atoms with van der Waals surface area (Å²) in [7, 11) is -2.89. The van der Waals surface area contributed by atoms with Gasteiger partial charge in [0.05, 0.1) is 6.10 Å². The number of hydrogen-bond donors (Lipinski definition) is 0. The molecule has 2 aliphatic carbocycles. The number of carbonyl (C=O) groups excluding carboxylic acids is 2. The summed E-state index contributed by atoms with van der Waals surface area (Å²) < 4.78 is 19.6. The van der Waals surface area contributed by atoms with Crippen molar-refractivity contribution in [3.8, 4) is 0 Å². The third-order valence-electron chi connectivity index (χ3n) is 11.1. The number of ether oxygens (including phenoxy) is 2. The molecule has 5 nitrogen and oxygen atoms in total. The van der Waals surface area contributed by atoms with Crippen LogP contribution < -0.4 is 10.4 Å². The predicted octanol–water partition coefficient (Wildman–Crippen LogP) is 9.43. The monoisotopic (exact) mass is 696 g/mol. The number of hydrogen-bond acceptors (Lipinski definition) is 5. The lowest BCUT2D eigenvalue weighted by Gasteiger charge is -2.50. The van der Waals surface area contributed by atoms with Gasteiger partial charge in [0.1, 0.15) is 12.2 Å². The van der Waals surface area contributed by atoms with E-state index in [0.717, 1.165) is 44.1 Å². The molecule has 0 amide bonds. The molecule has 0 aliphatic heterocycles. The summed E-state index contributed by atoms with van der Waals surface area (Å²) in [5.74, 6) is -0.325. The van der Waals surface area contributed by atoms with Gasteiger partial charge in [-0.1, -0.05) is 126 Å². The Balaban J connectivity index is 1.75. The van der Waals surface area contributed by atoms with Crippen molar-refractivity contribution in [2.75, 3.05) is 0 Å². The highest BCUT2D eigenvalue weighted by atomic mass is 28.4. The number of carbonyl (C=O) groups is 2. The molecule has 1 fully saturated rings. The van der Waals surface area contributed by atoms with Gasteiger partial charge in [0.2, 0.25) is 0 Å². The first-order chi connectivity index (χ1) is 23.6. The SMILES string of the molecule is C=C[C@H](O[Si](c1ccccc1)(c1ccccc1)C(C)(C)C)[C@@H]1CCC(C)=C([C@H](/C=C\[C@H](CC2CCCCC2=C)OC(C)=O)OC(C)=O)C1(C)C. The molecule has 1 unspecified atom stereocenters. The smallest absolute Gasteiger partial charge is 0.303 e. The van der Waals surface area contributed by atoms with Gasteiger partial charge in [-0.15, -0.1) is 6.58 Å². The molecular formula is C44H60O5Si. The van der Waals surface area contributed by atoms with Crippen LogP contribution in [0, 0.1) is 17.3 Å². The Morgan fingerprint density at radius 1 is 0.900 bits per heavy atom. The average Bonchev–Trinajstić information content (AvgIpc) is 3.05. The van der Waals surface area contributed by atoms with E-state index in [-0.39, 0.29) is 29.0 Å². The number of rotatable bonds is 13. The van der Waals surface area contributed by atoms with E-state index >= 15 is 0 Å². The molecule has 1 saturated carbocycles. The van der Waals surface area contributed by atoms with Crippen LogP contribution >= 0.6 is 0 Å². The summed E-state index contributed by atoms with van der Waals surface area (Å²) in [5.41, 5.74) is 3.08. The van der Waals surface area contributed by atoms with E-state index in [1.54, 1.807) is 0 Å². The van der Waals surface area contributed by atoms with E-state index in [9.17, 15) is 9.59 Å². The zero-order valence-electron chi connectivity index (χ0n) is 31.8. The molecule has 5 atom stereocenters. The highest BCUT2D eigenvalue weighted by Gasteiger charge is 2.54. The van der Waals surface area contributed by atoms with Crippen molar-refractivity contribution >= 4 is 30.6 Å². The highest BCUT2D eigenvalue weighted by Crippen LogP contribution is 2.50. The lowest BCUT2D eigenvalue weighted by molar-refractivity contribution is -0.146. The third kappa shape index (κ3) is 8.87. The fourth-order valence-corrected chi connectivity index (χ4v) is 13.4. The second-order valence-corrected chi connectivity index (χ2v) is 20.2. The van der Waals surface area contributed by atoms with Crippen LogP contribution in [0.5, 0.6) is 0 Å². The molecule has 0 N–H and O–H groups in total. The van der Waals surface area contributed by atoms with E-state index in [4.69, 9.17) is 13.9 Å². The van der Waals surface area contributed by atoms with Gasteiger partial charge in [-0.05, 0) is 95.8 Å². The lowest BCUT2D eigenvalue weighted by atomic mass is 9.62. The number of benzene rings is 2. The van der Waals surface area contributed by atoms with Crippen molar-refractivity contribution in [2.24, 2.45) is 17.3 Å². The van der Waals surface area contributed by atoms with Crippen molar-refractivity contribution in [3.63, 3.8) is 0 Å². The van der Waals surface area contributed by atoms with Crippen molar-refractivity contribution in [1.29, 1.82) is 0 Å². The summed E-state index contributed by atoms with van der Waals surface area (Å²) >= 11 is 0. The Labute approximate surface area is 303 Å². The first kappa shape index (κ1) is 39.3. The Bertz CT molecular complexity index is 1510. The first-order valence-electron chi connectivity index (χ1n) is 18.4. The minimum Gasteiger partial charge on any atom is -0.458 e. The Morgan fingerprint density at radius 2 is 1.48 bits per heavy atom. The van der Waals surface area contributed by atoms with E-state index in [0.29, 0.717) is 12.3 Å². The number of allylic oxidation sites excluding steroid dienone is 2. The molecule has 2 aliphatic rings. The topological polar surface area (TPSA) is 61.8 Å². The fourth-order valence-electron chi connectivity index (χ4n) is 8.68. The van der Waals surface area contributed by atoms with Crippen LogP contribution in [0.15, 0.2) is 109 Å². The lowest BCUT2D eigenvalue weighted by Crippen LogP contribution is -2.68. The maximum atomic E-state index is 12.7. The van der Waals surface area contributed by atoms with Crippen LogP contribution in [-0.4, -0.2) is 38.6 Å². The summed E-state index contributed by atoms with van der Waals surface area (Å²) in [5, 5.41) is 2.26. The molecular weight excluding hydrogens is 637 g/mol. The maximum Gasteiger partial charge on any atom is 0.303 e. The van der Waals surface area contributed by atoms with Gasteiger partial charge in [0.15, 0.2) is 0 Å². The molecule has 270 valence electrons.